The molecule has 0 unspecified atom stereocenters. The summed E-state index contributed by atoms with van der Waals surface area (Å²) in [5, 5.41) is 2.80. The minimum atomic E-state index is -3.43. The summed E-state index contributed by atoms with van der Waals surface area (Å²) in [5.74, 6) is 0. The third-order valence-electron chi connectivity index (χ3n) is 5.21. The minimum Gasteiger partial charge on any atom is -0.308 e. The molecule has 4 aromatic carbocycles. The molecule has 2 nitrogen and oxygen atoms in total. The van der Waals surface area contributed by atoms with E-state index in [2.05, 4.69) is 6.58 Å². The Balaban J connectivity index is 2.02. The van der Waals surface area contributed by atoms with E-state index in [9.17, 15) is 9.13 Å². The van der Waals surface area contributed by atoms with E-state index < -0.39 is 14.3 Å². The Hall–Kier alpha value is -2.92. The Kier molecular flexibility index (Phi) is 5.73. The van der Waals surface area contributed by atoms with Gasteiger partial charge in [0.15, 0.2) is 14.3 Å². The molecule has 4 aromatic rings. The maximum absolute atomic E-state index is 14.8. The quantitative estimate of drug-likeness (QED) is 0.381. The van der Waals surface area contributed by atoms with Crippen molar-refractivity contribution in [3.05, 3.63) is 133 Å². The molecule has 0 aliphatic heterocycles. The van der Waals surface area contributed by atoms with Crippen molar-refractivity contribution in [1.82, 2.24) is 0 Å². The summed E-state index contributed by atoms with van der Waals surface area (Å²) in [6, 6.07) is 37.0. The molecule has 0 aliphatic carbocycles. The van der Waals surface area contributed by atoms with E-state index in [0.29, 0.717) is 21.2 Å². The van der Waals surface area contributed by atoms with Gasteiger partial charge in [-0.25, -0.2) is 0 Å². The summed E-state index contributed by atoms with van der Waals surface area (Å²) >= 11 is 0. The lowest BCUT2D eigenvalue weighted by Gasteiger charge is -2.29. The fourth-order valence-corrected chi connectivity index (χ4v) is 10.8. The number of hydrogen-bond acceptors (Lipinski definition) is 2. The fourth-order valence-electron chi connectivity index (χ4n) is 3.64. The van der Waals surface area contributed by atoms with Gasteiger partial charge in [-0.15, -0.1) is 0 Å². The van der Waals surface area contributed by atoms with Crippen LogP contribution in [-0.4, -0.2) is 0 Å². The standard InChI is InChI=1S/C26H22O2P2/c1-22(29(27,23-14-6-2-7-15-23)24-16-8-3-9-17-24)30(28,25-18-10-4-11-19-25)26-20-12-5-13-21-26/h2-21H,1H2. The summed E-state index contributed by atoms with van der Waals surface area (Å²) in [7, 11) is -6.85. The maximum atomic E-state index is 14.8. The predicted octanol–water partition coefficient (Wildman–Crippen LogP) is 5.49. The molecule has 30 heavy (non-hydrogen) atoms. The van der Waals surface area contributed by atoms with Gasteiger partial charge in [-0.3, -0.25) is 0 Å². The van der Waals surface area contributed by atoms with E-state index in [4.69, 9.17) is 0 Å². The van der Waals surface area contributed by atoms with Crippen LogP contribution in [0.15, 0.2) is 133 Å². The molecule has 0 bridgehead atoms. The predicted molar refractivity (Wildman–Crippen MR) is 129 cm³/mol. The van der Waals surface area contributed by atoms with E-state index in [1.54, 1.807) is 0 Å². The Morgan fingerprint density at radius 2 is 0.633 bits per heavy atom. The molecule has 0 spiro atoms. The molecule has 0 heterocycles. The molecule has 0 saturated carbocycles. The van der Waals surface area contributed by atoms with Crippen molar-refractivity contribution in [2.75, 3.05) is 0 Å². The van der Waals surface area contributed by atoms with Crippen molar-refractivity contribution in [2.45, 2.75) is 0 Å². The summed E-state index contributed by atoms with van der Waals surface area (Å²) in [6.07, 6.45) is 0. The van der Waals surface area contributed by atoms with Crippen LogP contribution in [0, 0.1) is 0 Å². The van der Waals surface area contributed by atoms with E-state index in [1.165, 1.54) is 0 Å². The molecule has 148 valence electrons. The smallest absolute Gasteiger partial charge is 0.174 e. The van der Waals surface area contributed by atoms with Gasteiger partial charge in [0.05, 0.1) is 5.06 Å². The molecule has 0 amide bonds. The van der Waals surface area contributed by atoms with Gasteiger partial charge in [0.25, 0.3) is 0 Å². The third kappa shape index (κ3) is 3.43. The summed E-state index contributed by atoms with van der Waals surface area (Å²) in [4.78, 5) is 0. The van der Waals surface area contributed by atoms with Crippen molar-refractivity contribution >= 4 is 35.5 Å². The molecule has 4 heteroatoms. The number of rotatable bonds is 6. The molecule has 0 atom stereocenters. The molecule has 0 aromatic heterocycles. The second kappa shape index (κ2) is 8.44. The van der Waals surface area contributed by atoms with Crippen LogP contribution in [0.5, 0.6) is 0 Å². The summed E-state index contributed by atoms with van der Waals surface area (Å²) in [6.45, 7) is 4.28. The van der Waals surface area contributed by atoms with Gasteiger partial charge in [-0.2, -0.15) is 0 Å². The first-order valence-electron chi connectivity index (χ1n) is 9.70. The van der Waals surface area contributed by atoms with E-state index in [1.807, 2.05) is 121 Å². The first-order chi connectivity index (χ1) is 14.6. The van der Waals surface area contributed by atoms with Crippen LogP contribution in [0.25, 0.3) is 0 Å². The van der Waals surface area contributed by atoms with Gasteiger partial charge in [-0.05, 0) is 0 Å². The molecule has 0 aliphatic rings. The Morgan fingerprint density at radius 1 is 0.433 bits per heavy atom. The van der Waals surface area contributed by atoms with Gasteiger partial charge < -0.3 is 9.13 Å². The van der Waals surface area contributed by atoms with Gasteiger partial charge in [0.2, 0.25) is 0 Å². The average molecular weight is 428 g/mol. The van der Waals surface area contributed by atoms with Gasteiger partial charge >= 0.3 is 0 Å². The average Bonchev–Trinajstić information content (AvgIpc) is 2.84. The zero-order valence-corrected chi connectivity index (χ0v) is 18.3. The SMILES string of the molecule is C=C(P(=O)(c1ccccc1)c1ccccc1)P(=O)(c1ccccc1)c1ccccc1. The largest absolute Gasteiger partial charge is 0.308 e. The highest BCUT2D eigenvalue weighted by Crippen LogP contribution is 2.68. The Morgan fingerprint density at radius 3 is 0.833 bits per heavy atom. The molecular formula is C26H22O2P2. The van der Waals surface area contributed by atoms with Crippen LogP contribution in [0.4, 0.5) is 0 Å². The highest BCUT2D eigenvalue weighted by molar-refractivity contribution is 8.00. The van der Waals surface area contributed by atoms with Crippen molar-refractivity contribution in [1.29, 1.82) is 0 Å². The zero-order chi connectivity index (χ0) is 21.0. The lowest BCUT2D eigenvalue weighted by atomic mass is 10.4. The van der Waals surface area contributed by atoms with E-state index in [0.717, 1.165) is 0 Å². The third-order valence-corrected chi connectivity index (χ3v) is 12.5. The molecule has 0 N–H and O–H groups in total. The first kappa shape index (κ1) is 20.4. The lowest BCUT2D eigenvalue weighted by Crippen LogP contribution is -2.23. The highest BCUT2D eigenvalue weighted by Gasteiger charge is 2.43. The lowest BCUT2D eigenvalue weighted by molar-refractivity contribution is 0.586. The van der Waals surface area contributed by atoms with Crippen molar-refractivity contribution in [3.8, 4) is 0 Å². The number of benzene rings is 4. The van der Waals surface area contributed by atoms with Crippen LogP contribution >= 0.6 is 14.3 Å². The Labute approximate surface area is 177 Å². The molecular weight excluding hydrogens is 406 g/mol. The van der Waals surface area contributed by atoms with Crippen molar-refractivity contribution < 1.29 is 9.13 Å². The second-order valence-corrected chi connectivity index (χ2v) is 12.9. The Bertz CT molecular complexity index is 1050. The monoisotopic (exact) mass is 428 g/mol. The van der Waals surface area contributed by atoms with Gasteiger partial charge in [0, 0.05) is 21.2 Å². The van der Waals surface area contributed by atoms with E-state index in [-0.39, 0.29) is 5.06 Å². The molecule has 0 fully saturated rings. The van der Waals surface area contributed by atoms with Crippen molar-refractivity contribution in [3.63, 3.8) is 0 Å². The fraction of sp³-hybridized carbons (Fsp3) is 0. The van der Waals surface area contributed by atoms with Crippen LogP contribution in [-0.2, 0) is 9.13 Å². The van der Waals surface area contributed by atoms with E-state index >= 15 is 0 Å². The normalized spacial score (nSPS) is 11.7. The maximum Gasteiger partial charge on any atom is 0.174 e. The molecule has 0 radical (unpaired) electrons. The minimum absolute atomic E-state index is 0.268. The van der Waals surface area contributed by atoms with Crippen LogP contribution in [0.1, 0.15) is 0 Å². The second-order valence-electron chi connectivity index (χ2n) is 6.98. The van der Waals surface area contributed by atoms with Crippen LogP contribution in [0.2, 0.25) is 0 Å². The molecule has 0 saturated heterocycles. The number of hydrogen-bond donors (Lipinski definition) is 0. The van der Waals surface area contributed by atoms with Crippen molar-refractivity contribution in [2.24, 2.45) is 0 Å². The molecule has 4 rings (SSSR count). The van der Waals surface area contributed by atoms with Crippen LogP contribution < -0.4 is 21.2 Å². The van der Waals surface area contributed by atoms with Gasteiger partial charge in [0.1, 0.15) is 0 Å². The summed E-state index contributed by atoms with van der Waals surface area (Å²) in [5.41, 5.74) is 0. The topological polar surface area (TPSA) is 34.1 Å². The zero-order valence-electron chi connectivity index (χ0n) is 16.5. The van der Waals surface area contributed by atoms with Gasteiger partial charge in [-0.1, -0.05) is 128 Å². The summed E-state index contributed by atoms with van der Waals surface area (Å²) < 4.78 is 29.7. The first-order valence-corrected chi connectivity index (χ1v) is 13.1. The van der Waals surface area contributed by atoms with Crippen LogP contribution in [0.3, 0.4) is 0 Å². The highest BCUT2D eigenvalue weighted by atomic mass is 31.2.